The Kier molecular flexibility index (Phi) is 5.84. The molecule has 0 aromatic heterocycles. The molecule has 2 rings (SSSR count). The standard InChI is InChI=1S/C17H27FN2/c1-3-14-7-9-17(10-8-14)20(2)12-11-19-16-6-4-5-15(18)13-16/h4-6,13-14,17,19H,3,7-12H2,1-2H3. The molecule has 0 radical (unpaired) electrons. The topological polar surface area (TPSA) is 15.3 Å². The molecule has 112 valence electrons. The third-order valence-corrected chi connectivity index (χ3v) is 4.64. The van der Waals surface area contributed by atoms with Crippen molar-refractivity contribution in [2.45, 2.75) is 45.1 Å². The summed E-state index contributed by atoms with van der Waals surface area (Å²) in [4.78, 5) is 2.46. The highest BCUT2D eigenvalue weighted by atomic mass is 19.1. The highest BCUT2D eigenvalue weighted by Gasteiger charge is 2.22. The Morgan fingerprint density at radius 1 is 1.25 bits per heavy atom. The third kappa shape index (κ3) is 4.48. The van der Waals surface area contributed by atoms with E-state index in [9.17, 15) is 4.39 Å². The molecule has 0 spiro atoms. The maximum absolute atomic E-state index is 13.1. The number of hydrogen-bond donors (Lipinski definition) is 1. The molecule has 0 saturated heterocycles. The van der Waals surface area contributed by atoms with Gasteiger partial charge in [-0.15, -0.1) is 0 Å². The molecule has 0 aliphatic heterocycles. The van der Waals surface area contributed by atoms with Gasteiger partial charge in [0.15, 0.2) is 0 Å². The van der Waals surface area contributed by atoms with Crippen LogP contribution in [0.25, 0.3) is 0 Å². The van der Waals surface area contributed by atoms with E-state index in [2.05, 4.69) is 24.2 Å². The fraction of sp³-hybridized carbons (Fsp3) is 0.647. The van der Waals surface area contributed by atoms with Crippen LogP contribution in [0.5, 0.6) is 0 Å². The van der Waals surface area contributed by atoms with E-state index in [1.165, 1.54) is 38.2 Å². The van der Waals surface area contributed by atoms with E-state index in [-0.39, 0.29) is 5.82 Å². The van der Waals surface area contributed by atoms with Crippen molar-refractivity contribution in [3.63, 3.8) is 0 Å². The Bertz CT molecular complexity index is 400. The van der Waals surface area contributed by atoms with Crippen LogP contribution < -0.4 is 5.32 Å². The molecular weight excluding hydrogens is 251 g/mol. The lowest BCUT2D eigenvalue weighted by Crippen LogP contribution is -2.37. The van der Waals surface area contributed by atoms with Crippen molar-refractivity contribution in [3.05, 3.63) is 30.1 Å². The number of anilines is 1. The molecule has 1 aliphatic rings. The van der Waals surface area contributed by atoms with Crippen molar-refractivity contribution in [1.29, 1.82) is 0 Å². The van der Waals surface area contributed by atoms with Gasteiger partial charge in [0, 0.05) is 24.8 Å². The number of nitrogens with zero attached hydrogens (tertiary/aromatic N) is 1. The van der Waals surface area contributed by atoms with Crippen molar-refractivity contribution in [1.82, 2.24) is 4.90 Å². The van der Waals surface area contributed by atoms with Gasteiger partial charge in [-0.3, -0.25) is 0 Å². The first-order valence-corrected chi connectivity index (χ1v) is 7.88. The largest absolute Gasteiger partial charge is 0.384 e. The van der Waals surface area contributed by atoms with Gasteiger partial charge in [0.2, 0.25) is 0 Å². The maximum atomic E-state index is 13.1. The minimum atomic E-state index is -0.179. The quantitative estimate of drug-likeness (QED) is 0.841. The summed E-state index contributed by atoms with van der Waals surface area (Å²) in [6.45, 7) is 4.18. The minimum absolute atomic E-state index is 0.179. The molecule has 0 bridgehead atoms. The van der Waals surface area contributed by atoms with Crippen LogP contribution in [0.15, 0.2) is 24.3 Å². The zero-order valence-corrected chi connectivity index (χ0v) is 12.7. The third-order valence-electron chi connectivity index (χ3n) is 4.64. The number of likely N-dealkylation sites (N-methyl/N-ethyl adjacent to an activating group) is 1. The first kappa shape index (κ1) is 15.3. The van der Waals surface area contributed by atoms with Crippen LogP contribution in [0.4, 0.5) is 10.1 Å². The molecule has 1 aliphatic carbocycles. The number of halogens is 1. The summed E-state index contributed by atoms with van der Waals surface area (Å²) in [6.07, 6.45) is 6.74. The number of nitrogens with one attached hydrogen (secondary N) is 1. The molecule has 1 aromatic rings. The molecule has 3 heteroatoms. The lowest BCUT2D eigenvalue weighted by molar-refractivity contribution is 0.168. The Morgan fingerprint density at radius 2 is 2.00 bits per heavy atom. The smallest absolute Gasteiger partial charge is 0.125 e. The lowest BCUT2D eigenvalue weighted by atomic mass is 9.84. The minimum Gasteiger partial charge on any atom is -0.384 e. The molecular formula is C17H27FN2. The van der Waals surface area contributed by atoms with Crippen LogP contribution in [0.1, 0.15) is 39.0 Å². The summed E-state index contributed by atoms with van der Waals surface area (Å²) in [5.74, 6) is 0.770. The van der Waals surface area contributed by atoms with Crippen LogP contribution in [-0.2, 0) is 0 Å². The number of rotatable bonds is 6. The normalized spacial score (nSPS) is 23.0. The van der Waals surface area contributed by atoms with Gasteiger partial charge in [0.1, 0.15) is 5.82 Å². The highest BCUT2D eigenvalue weighted by Crippen LogP contribution is 2.28. The van der Waals surface area contributed by atoms with Crippen molar-refractivity contribution in [3.8, 4) is 0 Å². The van der Waals surface area contributed by atoms with Gasteiger partial charge < -0.3 is 10.2 Å². The second-order valence-corrected chi connectivity index (χ2v) is 6.00. The van der Waals surface area contributed by atoms with E-state index in [4.69, 9.17) is 0 Å². The average Bonchev–Trinajstić information content (AvgIpc) is 2.47. The van der Waals surface area contributed by atoms with Gasteiger partial charge in [-0.2, -0.15) is 0 Å². The van der Waals surface area contributed by atoms with Crippen molar-refractivity contribution >= 4 is 5.69 Å². The van der Waals surface area contributed by atoms with Crippen LogP contribution in [0.2, 0.25) is 0 Å². The first-order chi connectivity index (χ1) is 9.69. The zero-order valence-electron chi connectivity index (χ0n) is 12.7. The van der Waals surface area contributed by atoms with Gasteiger partial charge in [-0.25, -0.2) is 4.39 Å². The van der Waals surface area contributed by atoms with E-state index in [0.29, 0.717) is 0 Å². The Balaban J connectivity index is 1.69. The average molecular weight is 278 g/mol. The second-order valence-electron chi connectivity index (χ2n) is 6.00. The Hall–Kier alpha value is -1.09. The van der Waals surface area contributed by atoms with Crippen molar-refractivity contribution < 1.29 is 4.39 Å². The molecule has 0 atom stereocenters. The van der Waals surface area contributed by atoms with Crippen LogP contribution in [0.3, 0.4) is 0 Å². The van der Waals surface area contributed by atoms with Gasteiger partial charge in [0.05, 0.1) is 0 Å². The van der Waals surface area contributed by atoms with Crippen LogP contribution in [-0.4, -0.2) is 31.1 Å². The van der Waals surface area contributed by atoms with Crippen LogP contribution in [0, 0.1) is 11.7 Å². The molecule has 20 heavy (non-hydrogen) atoms. The predicted octanol–water partition coefficient (Wildman–Crippen LogP) is 4.14. The summed E-state index contributed by atoms with van der Waals surface area (Å²) < 4.78 is 13.1. The van der Waals surface area contributed by atoms with Crippen LogP contribution >= 0.6 is 0 Å². The fourth-order valence-corrected chi connectivity index (χ4v) is 3.15. The van der Waals surface area contributed by atoms with Gasteiger partial charge in [-0.05, 0) is 56.8 Å². The van der Waals surface area contributed by atoms with E-state index < -0.39 is 0 Å². The van der Waals surface area contributed by atoms with Crippen molar-refractivity contribution in [2.75, 3.05) is 25.5 Å². The van der Waals surface area contributed by atoms with E-state index in [0.717, 1.165) is 30.7 Å². The monoisotopic (exact) mass is 278 g/mol. The molecule has 1 aromatic carbocycles. The molecule has 1 fully saturated rings. The van der Waals surface area contributed by atoms with E-state index >= 15 is 0 Å². The Labute approximate surface area is 122 Å². The molecule has 1 saturated carbocycles. The predicted molar refractivity (Wildman–Crippen MR) is 83.6 cm³/mol. The zero-order chi connectivity index (χ0) is 14.4. The second kappa shape index (κ2) is 7.63. The fourth-order valence-electron chi connectivity index (χ4n) is 3.15. The summed E-state index contributed by atoms with van der Waals surface area (Å²) in [5, 5.41) is 3.29. The van der Waals surface area contributed by atoms with Gasteiger partial charge in [0.25, 0.3) is 0 Å². The number of benzene rings is 1. The molecule has 0 heterocycles. The first-order valence-electron chi connectivity index (χ1n) is 7.88. The van der Waals surface area contributed by atoms with E-state index in [1.807, 2.05) is 6.07 Å². The number of hydrogen-bond acceptors (Lipinski definition) is 2. The van der Waals surface area contributed by atoms with Gasteiger partial charge in [-0.1, -0.05) is 19.4 Å². The summed E-state index contributed by atoms with van der Waals surface area (Å²) in [5.41, 5.74) is 0.869. The molecule has 2 nitrogen and oxygen atoms in total. The lowest BCUT2D eigenvalue weighted by Gasteiger charge is -2.34. The molecule has 1 N–H and O–H groups in total. The Morgan fingerprint density at radius 3 is 2.65 bits per heavy atom. The molecule has 0 unspecified atom stereocenters. The summed E-state index contributed by atoms with van der Waals surface area (Å²) >= 11 is 0. The maximum Gasteiger partial charge on any atom is 0.125 e. The van der Waals surface area contributed by atoms with Crippen molar-refractivity contribution in [2.24, 2.45) is 5.92 Å². The highest BCUT2D eigenvalue weighted by molar-refractivity contribution is 5.42. The summed E-state index contributed by atoms with van der Waals surface area (Å²) in [7, 11) is 2.21. The SMILES string of the molecule is CCC1CCC(N(C)CCNc2cccc(F)c2)CC1. The molecule has 0 amide bonds. The van der Waals surface area contributed by atoms with Gasteiger partial charge >= 0.3 is 0 Å². The summed E-state index contributed by atoms with van der Waals surface area (Å²) in [6, 6.07) is 7.41. The van der Waals surface area contributed by atoms with E-state index in [1.54, 1.807) is 12.1 Å².